The summed E-state index contributed by atoms with van der Waals surface area (Å²) in [4.78, 5) is 16.2. The van der Waals surface area contributed by atoms with Crippen LogP contribution in [0.25, 0.3) is 0 Å². The van der Waals surface area contributed by atoms with Gasteiger partial charge in [-0.05, 0) is 24.6 Å². The van der Waals surface area contributed by atoms with Crippen molar-refractivity contribution in [3.63, 3.8) is 0 Å². The van der Waals surface area contributed by atoms with Gasteiger partial charge in [-0.25, -0.2) is 9.78 Å². The molecule has 7 nitrogen and oxygen atoms in total. The first-order valence-corrected chi connectivity index (χ1v) is 7.76. The molecule has 1 N–H and O–H groups in total. The van der Waals surface area contributed by atoms with Crippen molar-refractivity contribution >= 4 is 5.97 Å². The molecule has 0 spiro atoms. The summed E-state index contributed by atoms with van der Waals surface area (Å²) in [7, 11) is 0. The average molecular weight is 321 g/mol. The largest absolute Gasteiger partial charge is 0.452 e. The highest BCUT2D eigenvalue weighted by Gasteiger charge is 2.58. The highest BCUT2D eigenvalue weighted by atomic mass is 16.6. The van der Waals surface area contributed by atoms with E-state index in [1.54, 1.807) is 12.3 Å². The van der Waals surface area contributed by atoms with Crippen molar-refractivity contribution in [2.45, 2.75) is 43.4 Å². The Morgan fingerprint density at radius 3 is 3.00 bits per heavy atom. The molecule has 1 unspecified atom stereocenters. The van der Waals surface area contributed by atoms with E-state index in [0.717, 1.165) is 5.56 Å². The van der Waals surface area contributed by atoms with E-state index < -0.39 is 29.9 Å². The molecule has 5 atom stereocenters. The number of aryl methyl sites for hydroxylation is 1. The Hall–Kier alpha value is -1.54. The van der Waals surface area contributed by atoms with E-state index in [1.807, 2.05) is 13.0 Å². The number of rotatable bonds is 4. The maximum Gasteiger partial charge on any atom is 0.357 e. The highest BCUT2D eigenvalue weighted by molar-refractivity contribution is 5.87. The monoisotopic (exact) mass is 321 g/mol. The molecule has 1 aromatic rings. The topological polar surface area (TPSA) is 90.4 Å². The third-order valence-electron chi connectivity index (χ3n) is 4.53. The first-order valence-electron chi connectivity index (χ1n) is 7.76. The summed E-state index contributed by atoms with van der Waals surface area (Å²) in [6, 6.07) is 3.48. The number of fused-ring (bicyclic) bond motifs is 1. The van der Waals surface area contributed by atoms with E-state index in [2.05, 4.69) is 4.98 Å². The lowest BCUT2D eigenvalue weighted by Crippen LogP contribution is -2.45. The zero-order chi connectivity index (χ0) is 16.0. The number of aromatic nitrogens is 1. The number of hydrogen-bond donors (Lipinski definition) is 1. The van der Waals surface area contributed by atoms with E-state index in [9.17, 15) is 9.90 Å². The van der Waals surface area contributed by atoms with Gasteiger partial charge in [0, 0.05) is 12.6 Å². The van der Waals surface area contributed by atoms with Crippen molar-refractivity contribution in [2.75, 3.05) is 19.8 Å². The van der Waals surface area contributed by atoms with E-state index in [1.165, 1.54) is 0 Å². The zero-order valence-corrected chi connectivity index (χ0v) is 12.8. The lowest BCUT2D eigenvalue weighted by atomic mass is 9.91. The molecule has 0 aromatic carbocycles. The van der Waals surface area contributed by atoms with Gasteiger partial charge in [0.05, 0.1) is 25.9 Å². The lowest BCUT2D eigenvalue weighted by molar-refractivity contribution is -0.0778. The number of carbonyl (C=O) groups excluding carboxylic acids is 1. The van der Waals surface area contributed by atoms with Gasteiger partial charge < -0.3 is 24.1 Å². The Labute approximate surface area is 133 Å². The molecule has 124 valence electrons. The van der Waals surface area contributed by atoms with Crippen molar-refractivity contribution in [2.24, 2.45) is 0 Å². The third kappa shape index (κ3) is 2.85. The van der Waals surface area contributed by atoms with E-state index in [0.29, 0.717) is 13.0 Å². The number of carbonyl (C=O) groups is 1. The average Bonchev–Trinajstić information content (AvgIpc) is 3.13. The van der Waals surface area contributed by atoms with Crippen LogP contribution in [0.4, 0.5) is 0 Å². The molecule has 0 saturated carbocycles. The summed E-state index contributed by atoms with van der Waals surface area (Å²) in [6.45, 7) is 2.92. The fourth-order valence-electron chi connectivity index (χ4n) is 3.26. The van der Waals surface area contributed by atoms with Crippen LogP contribution in [0.2, 0.25) is 0 Å². The maximum atomic E-state index is 12.2. The van der Waals surface area contributed by atoms with Crippen LogP contribution in [0.3, 0.4) is 0 Å². The minimum absolute atomic E-state index is 0.0732. The second-order valence-corrected chi connectivity index (χ2v) is 6.45. The van der Waals surface area contributed by atoms with Crippen LogP contribution in [-0.4, -0.2) is 65.9 Å². The molecule has 3 saturated heterocycles. The van der Waals surface area contributed by atoms with Crippen LogP contribution in [0.15, 0.2) is 18.3 Å². The number of ether oxygens (including phenoxy) is 4. The minimum Gasteiger partial charge on any atom is -0.452 e. The number of epoxide rings is 1. The zero-order valence-electron chi connectivity index (χ0n) is 12.8. The van der Waals surface area contributed by atoms with E-state index in [4.69, 9.17) is 18.9 Å². The molecule has 3 aliphatic rings. The molecule has 4 heterocycles. The standard InChI is InChI=1S/C16H19NO6/c1-9-2-3-17-11(4-9)15(18)23-12-7-21-14-13(12)22-8-16(14,19)5-10-6-20-10/h2-4,10,12-14,19H,5-8H2,1H3/t10?,12-,13+,14-,16+/m0/s1. The Bertz CT molecular complexity index is 618. The molecule has 0 aliphatic carbocycles. The summed E-state index contributed by atoms with van der Waals surface area (Å²) in [5.41, 5.74) is 0.116. The van der Waals surface area contributed by atoms with Crippen molar-refractivity contribution in [3.8, 4) is 0 Å². The fraction of sp³-hybridized carbons (Fsp3) is 0.625. The number of pyridine rings is 1. The molecule has 0 bridgehead atoms. The molecular weight excluding hydrogens is 302 g/mol. The van der Waals surface area contributed by atoms with Crippen LogP contribution >= 0.6 is 0 Å². The molecule has 7 heteroatoms. The number of aliphatic hydroxyl groups is 1. The third-order valence-corrected chi connectivity index (χ3v) is 4.53. The van der Waals surface area contributed by atoms with Crippen molar-refractivity contribution in [1.82, 2.24) is 4.98 Å². The Kier molecular flexibility index (Phi) is 3.60. The van der Waals surface area contributed by atoms with E-state index in [-0.39, 0.29) is 25.0 Å². The Balaban J connectivity index is 1.42. The summed E-state index contributed by atoms with van der Waals surface area (Å²) in [5.74, 6) is -0.507. The van der Waals surface area contributed by atoms with Gasteiger partial charge in [0.15, 0.2) is 6.10 Å². The van der Waals surface area contributed by atoms with Crippen molar-refractivity contribution in [3.05, 3.63) is 29.6 Å². The van der Waals surface area contributed by atoms with Gasteiger partial charge in [0.25, 0.3) is 0 Å². The Morgan fingerprint density at radius 2 is 2.26 bits per heavy atom. The number of esters is 1. The number of nitrogens with zero attached hydrogens (tertiary/aromatic N) is 1. The van der Waals surface area contributed by atoms with Crippen LogP contribution < -0.4 is 0 Å². The smallest absolute Gasteiger partial charge is 0.357 e. The molecule has 0 radical (unpaired) electrons. The summed E-state index contributed by atoms with van der Waals surface area (Å²) >= 11 is 0. The number of hydrogen-bond acceptors (Lipinski definition) is 7. The summed E-state index contributed by atoms with van der Waals surface area (Å²) < 4.78 is 22.0. The van der Waals surface area contributed by atoms with Crippen molar-refractivity contribution < 1.29 is 28.8 Å². The first-order chi connectivity index (χ1) is 11.0. The van der Waals surface area contributed by atoms with E-state index >= 15 is 0 Å². The van der Waals surface area contributed by atoms with Gasteiger partial charge in [0.2, 0.25) is 0 Å². The predicted molar refractivity (Wildman–Crippen MR) is 77.0 cm³/mol. The molecule has 4 rings (SSSR count). The summed E-state index contributed by atoms with van der Waals surface area (Å²) in [5, 5.41) is 10.7. The van der Waals surface area contributed by atoms with Crippen LogP contribution in [0.5, 0.6) is 0 Å². The highest BCUT2D eigenvalue weighted by Crippen LogP contribution is 2.40. The first kappa shape index (κ1) is 15.0. The van der Waals surface area contributed by atoms with Gasteiger partial charge in [-0.2, -0.15) is 0 Å². The predicted octanol–water partition coefficient (Wildman–Crippen LogP) is 0.233. The van der Waals surface area contributed by atoms with Crippen LogP contribution in [0.1, 0.15) is 22.5 Å². The molecular formula is C16H19NO6. The SMILES string of the molecule is Cc1ccnc(C(=O)O[C@H]2CO[C@H]3[C@@H]2OC[C@]3(O)CC2CO2)c1. The van der Waals surface area contributed by atoms with Crippen molar-refractivity contribution in [1.29, 1.82) is 0 Å². The van der Waals surface area contributed by atoms with Gasteiger partial charge in [-0.3, -0.25) is 0 Å². The van der Waals surface area contributed by atoms with Gasteiger partial charge in [-0.1, -0.05) is 0 Å². The second-order valence-electron chi connectivity index (χ2n) is 6.45. The van der Waals surface area contributed by atoms with Crippen LogP contribution in [-0.2, 0) is 18.9 Å². The quantitative estimate of drug-likeness (QED) is 0.627. The lowest BCUT2D eigenvalue weighted by Gasteiger charge is -2.25. The molecule has 3 aliphatic heterocycles. The normalized spacial score (nSPS) is 38.3. The van der Waals surface area contributed by atoms with Gasteiger partial charge in [0.1, 0.15) is 23.5 Å². The minimum atomic E-state index is -1.07. The molecule has 3 fully saturated rings. The van der Waals surface area contributed by atoms with Gasteiger partial charge >= 0.3 is 5.97 Å². The maximum absolute atomic E-state index is 12.2. The van der Waals surface area contributed by atoms with Crippen LogP contribution in [0, 0.1) is 6.92 Å². The summed E-state index contributed by atoms with van der Waals surface area (Å²) in [6.07, 6.45) is 0.643. The fourth-order valence-corrected chi connectivity index (χ4v) is 3.26. The molecule has 23 heavy (non-hydrogen) atoms. The molecule has 0 amide bonds. The molecule has 1 aromatic heterocycles. The van der Waals surface area contributed by atoms with Gasteiger partial charge in [-0.15, -0.1) is 0 Å². The second kappa shape index (κ2) is 5.52. The Morgan fingerprint density at radius 1 is 1.43 bits per heavy atom.